The van der Waals surface area contributed by atoms with Crippen LogP contribution in [0.1, 0.15) is 61.9 Å². The Morgan fingerprint density at radius 2 is 1.93 bits per heavy atom. The Bertz CT molecular complexity index is 1340. The number of fused-ring (bicyclic) bond motifs is 1. The van der Waals surface area contributed by atoms with Crippen LogP contribution < -0.4 is 16.2 Å². The van der Waals surface area contributed by atoms with Crippen molar-refractivity contribution in [1.29, 1.82) is 0 Å². The van der Waals surface area contributed by atoms with E-state index in [0.29, 0.717) is 24.9 Å². The van der Waals surface area contributed by atoms with Crippen molar-refractivity contribution in [3.8, 4) is 17.2 Å². The number of allylic oxidation sites excluding steroid dienone is 1. The van der Waals surface area contributed by atoms with E-state index in [1.807, 2.05) is 48.5 Å². The van der Waals surface area contributed by atoms with Crippen molar-refractivity contribution in [1.82, 2.24) is 4.90 Å². The number of aromatic hydroxyl groups is 2. The van der Waals surface area contributed by atoms with Crippen molar-refractivity contribution in [2.75, 3.05) is 13.3 Å². The van der Waals surface area contributed by atoms with Crippen LogP contribution in [0, 0.1) is 0 Å². The van der Waals surface area contributed by atoms with E-state index in [4.69, 9.17) is 16.2 Å². The molecule has 0 spiro atoms. The maximum absolute atomic E-state index is 12.4. The number of aryl methyl sites for hydroxylation is 1. The van der Waals surface area contributed by atoms with Crippen molar-refractivity contribution < 1.29 is 30.0 Å². The first kappa shape index (κ1) is 30.3. The number of aliphatic hydroxyl groups is 2. The number of rotatable bonds is 15. The van der Waals surface area contributed by atoms with Gasteiger partial charge < -0.3 is 41.5 Å². The molecule has 220 valence electrons. The molecule has 0 amide bonds. The van der Waals surface area contributed by atoms with Crippen LogP contribution in [-0.2, 0) is 17.6 Å². The standard InChI is InChI=1S/C31H40N4O6/c1-2-4-23(36)12-25(38)13-24(37)8-7-20-11-30(29(40)14-28(20)39)41-18-35-16-26-22(15-34-27(26)17-35)10-19-5-3-6-21(9-19)31(32)33/h3,5-6,9,11,14-16,23,25,31,36,38-40H,2,4,7-8,10,12-13,17-18,32-33H2,1H3/t23-,25+/m0/s1. The number of phenols is 2. The van der Waals surface area contributed by atoms with Crippen LogP contribution >= 0.6 is 0 Å². The first-order valence-electron chi connectivity index (χ1n) is 14.0. The lowest BCUT2D eigenvalue weighted by Gasteiger charge is -2.18. The third kappa shape index (κ3) is 8.17. The second-order valence-corrected chi connectivity index (χ2v) is 10.8. The third-order valence-corrected chi connectivity index (χ3v) is 7.28. The molecule has 2 aromatic carbocycles. The molecule has 0 fully saturated rings. The Kier molecular flexibility index (Phi) is 10.2. The Morgan fingerprint density at radius 1 is 1.12 bits per heavy atom. The minimum atomic E-state index is -0.903. The Morgan fingerprint density at radius 3 is 2.68 bits per heavy atom. The topological polar surface area (TPSA) is 175 Å². The number of ketones is 1. The number of hydrogen-bond acceptors (Lipinski definition) is 10. The molecule has 0 aliphatic carbocycles. The first-order chi connectivity index (χ1) is 19.6. The summed E-state index contributed by atoms with van der Waals surface area (Å²) in [5, 5.41) is 40.6. The van der Waals surface area contributed by atoms with Gasteiger partial charge in [-0.1, -0.05) is 37.6 Å². The normalized spacial score (nSPS) is 15.9. The van der Waals surface area contributed by atoms with Crippen LogP contribution in [0.5, 0.6) is 17.2 Å². The van der Waals surface area contributed by atoms with Crippen LogP contribution in [0.3, 0.4) is 0 Å². The van der Waals surface area contributed by atoms with Gasteiger partial charge in [0.05, 0.1) is 30.6 Å². The quantitative estimate of drug-likeness (QED) is 0.178. The zero-order chi connectivity index (χ0) is 29.5. The highest BCUT2D eigenvalue weighted by Crippen LogP contribution is 2.35. The van der Waals surface area contributed by atoms with Gasteiger partial charge in [-0.2, -0.15) is 0 Å². The predicted molar refractivity (Wildman–Crippen MR) is 156 cm³/mol. The van der Waals surface area contributed by atoms with Crippen LogP contribution in [0.25, 0.3) is 0 Å². The molecule has 0 unspecified atom stereocenters. The molecule has 0 aromatic heterocycles. The van der Waals surface area contributed by atoms with Crippen molar-refractivity contribution in [3.05, 3.63) is 76.6 Å². The van der Waals surface area contributed by atoms with Gasteiger partial charge in [0.25, 0.3) is 0 Å². The van der Waals surface area contributed by atoms with E-state index in [1.54, 1.807) is 0 Å². The summed E-state index contributed by atoms with van der Waals surface area (Å²) in [5.74, 6) is -0.325. The van der Waals surface area contributed by atoms with Gasteiger partial charge in [0.1, 0.15) is 11.5 Å². The van der Waals surface area contributed by atoms with E-state index < -0.39 is 18.4 Å². The zero-order valence-electron chi connectivity index (χ0n) is 23.4. The zero-order valence-corrected chi connectivity index (χ0v) is 23.4. The molecular formula is C31H40N4O6. The van der Waals surface area contributed by atoms with Gasteiger partial charge in [0.2, 0.25) is 0 Å². The van der Waals surface area contributed by atoms with Crippen LogP contribution in [0.2, 0.25) is 0 Å². The van der Waals surface area contributed by atoms with Gasteiger partial charge in [-0.15, -0.1) is 0 Å². The second kappa shape index (κ2) is 13.8. The van der Waals surface area contributed by atoms with Gasteiger partial charge in [-0.05, 0) is 54.0 Å². The number of carbonyl (C=O) groups excluding carboxylic acids is 1. The second-order valence-electron chi connectivity index (χ2n) is 10.8. The number of Topliss-reactive ketones (excluding diaryl/α,β-unsaturated/α-hetero) is 1. The predicted octanol–water partition coefficient (Wildman–Crippen LogP) is 2.93. The number of ether oxygens (including phenoxy) is 1. The number of hydrogen-bond donors (Lipinski definition) is 6. The lowest BCUT2D eigenvalue weighted by Crippen LogP contribution is -2.23. The van der Waals surface area contributed by atoms with Gasteiger partial charge in [-0.3, -0.25) is 9.79 Å². The number of aliphatic imine (C=N–C) groups is 1. The Balaban J connectivity index is 1.31. The summed E-state index contributed by atoms with van der Waals surface area (Å²) < 4.78 is 5.88. The summed E-state index contributed by atoms with van der Waals surface area (Å²) in [4.78, 5) is 18.9. The lowest BCUT2D eigenvalue weighted by atomic mass is 9.98. The number of phenolic OH excluding ortho intramolecular Hbond substituents is 2. The molecule has 2 aliphatic rings. The van der Waals surface area contributed by atoms with E-state index in [1.165, 1.54) is 12.1 Å². The largest absolute Gasteiger partial charge is 0.508 e. The van der Waals surface area contributed by atoms with Gasteiger partial charge >= 0.3 is 0 Å². The van der Waals surface area contributed by atoms with Crippen LogP contribution in [0.15, 0.2) is 64.9 Å². The lowest BCUT2D eigenvalue weighted by molar-refractivity contribution is -0.121. The minimum absolute atomic E-state index is 0.0566. The highest BCUT2D eigenvalue weighted by Gasteiger charge is 2.26. The first-order valence-corrected chi connectivity index (χ1v) is 14.0. The molecule has 2 aliphatic heterocycles. The fraction of sp³-hybridized carbons (Fsp3) is 0.419. The van der Waals surface area contributed by atoms with E-state index in [0.717, 1.165) is 34.4 Å². The van der Waals surface area contributed by atoms with Crippen molar-refractivity contribution in [2.24, 2.45) is 16.5 Å². The fourth-order valence-electron chi connectivity index (χ4n) is 5.09. The monoisotopic (exact) mass is 564 g/mol. The van der Waals surface area contributed by atoms with Crippen molar-refractivity contribution in [2.45, 2.75) is 70.2 Å². The number of nitrogens with zero attached hydrogens (tertiary/aromatic N) is 2. The molecule has 0 radical (unpaired) electrons. The Hall–Kier alpha value is -3.70. The molecule has 0 saturated carbocycles. The van der Waals surface area contributed by atoms with E-state index in [-0.39, 0.29) is 55.4 Å². The fourth-order valence-corrected chi connectivity index (χ4v) is 5.09. The average molecular weight is 565 g/mol. The van der Waals surface area contributed by atoms with Crippen LogP contribution in [-0.4, -0.2) is 62.3 Å². The average Bonchev–Trinajstić information content (AvgIpc) is 3.49. The molecule has 0 saturated heterocycles. The number of carbonyl (C=O) groups is 1. The molecule has 2 heterocycles. The van der Waals surface area contributed by atoms with E-state index >= 15 is 0 Å². The van der Waals surface area contributed by atoms with Crippen molar-refractivity contribution in [3.63, 3.8) is 0 Å². The molecule has 10 heteroatoms. The molecule has 10 nitrogen and oxygen atoms in total. The van der Waals surface area contributed by atoms with Gasteiger partial charge in [-0.25, -0.2) is 0 Å². The van der Waals surface area contributed by atoms with Crippen LogP contribution in [0.4, 0.5) is 0 Å². The summed E-state index contributed by atoms with van der Waals surface area (Å²) in [6.45, 7) is 2.65. The molecular weight excluding hydrogens is 524 g/mol. The highest BCUT2D eigenvalue weighted by molar-refractivity contribution is 6.09. The maximum Gasteiger partial charge on any atom is 0.164 e. The van der Waals surface area contributed by atoms with Gasteiger partial charge in [0, 0.05) is 36.9 Å². The highest BCUT2D eigenvalue weighted by atomic mass is 16.5. The van der Waals surface area contributed by atoms with E-state index in [2.05, 4.69) is 4.99 Å². The number of benzene rings is 2. The maximum atomic E-state index is 12.4. The summed E-state index contributed by atoms with van der Waals surface area (Å²) in [6.07, 6.45) is 4.29. The molecule has 8 N–H and O–H groups in total. The van der Waals surface area contributed by atoms with E-state index in [9.17, 15) is 25.2 Å². The van der Waals surface area contributed by atoms with Gasteiger partial charge in [0.15, 0.2) is 18.2 Å². The summed E-state index contributed by atoms with van der Waals surface area (Å²) in [7, 11) is 0. The van der Waals surface area contributed by atoms with Crippen molar-refractivity contribution >= 4 is 11.5 Å². The summed E-state index contributed by atoms with van der Waals surface area (Å²) in [6, 6.07) is 10.6. The third-order valence-electron chi connectivity index (χ3n) is 7.28. The molecule has 2 aromatic rings. The summed E-state index contributed by atoms with van der Waals surface area (Å²) >= 11 is 0. The molecule has 2 atom stereocenters. The SMILES string of the molecule is CCC[C@H](O)C[C@@H](O)CC(=O)CCc1cc(OCN2C=C3C(Cc4cccc(C(N)N)c4)=CN=C3C2)c(O)cc1O. The molecule has 4 rings (SSSR count). The molecule has 41 heavy (non-hydrogen) atoms. The summed E-state index contributed by atoms with van der Waals surface area (Å²) in [5.41, 5.74) is 17.1. The number of nitrogens with two attached hydrogens (primary N) is 2. The Labute approximate surface area is 240 Å². The smallest absolute Gasteiger partial charge is 0.164 e. The number of aliphatic hydroxyl groups excluding tert-OH is 2. The minimum Gasteiger partial charge on any atom is -0.508 e. The molecule has 0 bridgehead atoms.